The second-order valence-corrected chi connectivity index (χ2v) is 4.61. The molecule has 0 atom stereocenters. The molecule has 2 nitrogen and oxygen atoms in total. The average molecular weight is 236 g/mol. The van der Waals surface area contributed by atoms with E-state index >= 15 is 0 Å². The molecule has 0 aliphatic heterocycles. The Labute approximate surface area is 100 Å². The third-order valence-corrected chi connectivity index (χ3v) is 3.56. The molecule has 0 unspecified atom stereocenters. The Morgan fingerprint density at radius 3 is 2.81 bits per heavy atom. The van der Waals surface area contributed by atoms with E-state index in [1.165, 1.54) is 18.4 Å². The second kappa shape index (κ2) is 4.76. The van der Waals surface area contributed by atoms with Crippen molar-refractivity contribution in [1.29, 1.82) is 5.26 Å². The number of rotatable bonds is 1. The Hall–Kier alpha value is -1.20. The third-order valence-electron chi connectivity index (χ3n) is 3.16. The van der Waals surface area contributed by atoms with E-state index in [0.717, 1.165) is 24.8 Å². The van der Waals surface area contributed by atoms with Gasteiger partial charge in [0.1, 0.15) is 5.75 Å². The lowest BCUT2D eigenvalue weighted by atomic mass is 9.98. The number of nitrogens with zero attached hydrogens (tertiary/aromatic N) is 1. The number of benzene rings is 1. The molecule has 1 aliphatic carbocycles. The highest BCUT2D eigenvalue weighted by atomic mass is 35.5. The van der Waals surface area contributed by atoms with Crippen molar-refractivity contribution in [2.75, 3.05) is 0 Å². The lowest BCUT2D eigenvalue weighted by molar-refractivity contribution is 0.469. The highest BCUT2D eigenvalue weighted by molar-refractivity contribution is 6.33. The van der Waals surface area contributed by atoms with Gasteiger partial charge in [-0.15, -0.1) is 0 Å². The number of phenols is 1. The van der Waals surface area contributed by atoms with Crippen LogP contribution in [0.5, 0.6) is 5.75 Å². The molecule has 84 valence electrons. The van der Waals surface area contributed by atoms with Gasteiger partial charge in [0, 0.05) is 5.56 Å². The average Bonchev–Trinajstić information content (AvgIpc) is 2.51. The molecule has 0 amide bonds. The van der Waals surface area contributed by atoms with Crippen molar-refractivity contribution in [1.82, 2.24) is 0 Å². The highest BCUT2D eigenvalue weighted by Gasteiger charge is 2.17. The van der Waals surface area contributed by atoms with Crippen LogP contribution in [0.15, 0.2) is 6.07 Å². The van der Waals surface area contributed by atoms with E-state index in [0.29, 0.717) is 10.6 Å². The molecule has 0 bridgehead atoms. The van der Waals surface area contributed by atoms with Crippen LogP contribution < -0.4 is 0 Å². The van der Waals surface area contributed by atoms with Gasteiger partial charge < -0.3 is 5.11 Å². The molecule has 1 aliphatic rings. The van der Waals surface area contributed by atoms with Crippen LogP contribution in [0, 0.1) is 11.3 Å². The van der Waals surface area contributed by atoms with Crippen LogP contribution in [-0.2, 0) is 19.3 Å². The summed E-state index contributed by atoms with van der Waals surface area (Å²) in [6, 6.07) is 4.01. The minimum atomic E-state index is 0.101. The predicted octanol–water partition coefficient (Wildman–Crippen LogP) is 3.38. The maximum Gasteiger partial charge on any atom is 0.138 e. The molecule has 1 N–H and O–H groups in total. The van der Waals surface area contributed by atoms with Gasteiger partial charge in [-0.2, -0.15) is 5.26 Å². The van der Waals surface area contributed by atoms with Crippen LogP contribution in [0.3, 0.4) is 0 Å². The number of hydrogen-bond donors (Lipinski definition) is 1. The van der Waals surface area contributed by atoms with Crippen LogP contribution in [0.2, 0.25) is 5.02 Å². The van der Waals surface area contributed by atoms with E-state index in [2.05, 4.69) is 6.07 Å². The number of halogens is 1. The van der Waals surface area contributed by atoms with E-state index in [1.807, 2.05) is 6.07 Å². The fourth-order valence-electron chi connectivity index (χ4n) is 2.30. The summed E-state index contributed by atoms with van der Waals surface area (Å²) in [6.07, 6.45) is 5.67. The number of aromatic hydroxyl groups is 1. The molecular formula is C13H14ClNO. The Kier molecular flexibility index (Phi) is 3.36. The van der Waals surface area contributed by atoms with E-state index in [9.17, 15) is 5.11 Å². The fraction of sp³-hybridized carbons (Fsp3) is 0.462. The number of phenolic OH excluding ortho intramolecular Hbond substituents is 1. The maximum atomic E-state index is 9.89. The molecule has 2 rings (SSSR count). The zero-order valence-corrected chi connectivity index (χ0v) is 9.85. The van der Waals surface area contributed by atoms with Crippen molar-refractivity contribution in [3.63, 3.8) is 0 Å². The lowest BCUT2D eigenvalue weighted by Crippen LogP contribution is -1.96. The van der Waals surface area contributed by atoms with E-state index < -0.39 is 0 Å². The first kappa shape index (κ1) is 11.3. The summed E-state index contributed by atoms with van der Waals surface area (Å²) < 4.78 is 0. The van der Waals surface area contributed by atoms with E-state index in [4.69, 9.17) is 16.9 Å². The molecule has 0 aromatic heterocycles. The van der Waals surface area contributed by atoms with Crippen LogP contribution >= 0.6 is 11.6 Å². The fourth-order valence-corrected chi connectivity index (χ4v) is 2.64. The van der Waals surface area contributed by atoms with Gasteiger partial charge in [-0.1, -0.05) is 24.1 Å². The maximum absolute atomic E-state index is 9.89. The predicted molar refractivity (Wildman–Crippen MR) is 63.7 cm³/mol. The molecule has 0 spiro atoms. The first-order valence-corrected chi connectivity index (χ1v) is 6.01. The molecule has 0 heterocycles. The number of hydrogen-bond acceptors (Lipinski definition) is 2. The molecular weight excluding hydrogens is 222 g/mol. The Morgan fingerprint density at radius 1 is 1.31 bits per heavy atom. The minimum absolute atomic E-state index is 0.101. The van der Waals surface area contributed by atoms with Crippen molar-refractivity contribution >= 4 is 11.6 Å². The Bertz CT molecular complexity index is 448. The van der Waals surface area contributed by atoms with Crippen molar-refractivity contribution in [3.05, 3.63) is 27.8 Å². The van der Waals surface area contributed by atoms with E-state index in [1.54, 1.807) is 0 Å². The highest BCUT2D eigenvalue weighted by Crippen LogP contribution is 2.36. The van der Waals surface area contributed by atoms with Gasteiger partial charge in [0.15, 0.2) is 0 Å². The Morgan fingerprint density at radius 2 is 2.06 bits per heavy atom. The van der Waals surface area contributed by atoms with Gasteiger partial charge in [0.2, 0.25) is 0 Å². The van der Waals surface area contributed by atoms with Gasteiger partial charge in [0.25, 0.3) is 0 Å². The summed E-state index contributed by atoms with van der Waals surface area (Å²) in [4.78, 5) is 0. The molecule has 0 radical (unpaired) electrons. The molecule has 0 saturated carbocycles. The lowest BCUT2D eigenvalue weighted by Gasteiger charge is -2.12. The van der Waals surface area contributed by atoms with Crippen LogP contribution in [0.25, 0.3) is 0 Å². The second-order valence-electron chi connectivity index (χ2n) is 4.23. The van der Waals surface area contributed by atoms with Crippen LogP contribution in [0.1, 0.15) is 36.0 Å². The minimum Gasteiger partial charge on any atom is -0.506 e. The van der Waals surface area contributed by atoms with Crippen molar-refractivity contribution in [2.45, 2.75) is 38.5 Å². The number of nitriles is 1. The van der Waals surface area contributed by atoms with Crippen molar-refractivity contribution in [2.24, 2.45) is 0 Å². The quantitative estimate of drug-likeness (QED) is 0.759. The van der Waals surface area contributed by atoms with Crippen molar-refractivity contribution in [3.8, 4) is 11.8 Å². The zero-order valence-electron chi connectivity index (χ0n) is 9.09. The van der Waals surface area contributed by atoms with Crippen molar-refractivity contribution < 1.29 is 5.11 Å². The summed E-state index contributed by atoms with van der Waals surface area (Å²) in [7, 11) is 0. The first-order chi connectivity index (χ1) is 7.74. The molecule has 1 aromatic carbocycles. The van der Waals surface area contributed by atoms with Gasteiger partial charge in [-0.3, -0.25) is 0 Å². The van der Waals surface area contributed by atoms with E-state index in [-0.39, 0.29) is 12.2 Å². The number of fused-ring (bicyclic) bond motifs is 1. The summed E-state index contributed by atoms with van der Waals surface area (Å²) >= 11 is 6.17. The third kappa shape index (κ3) is 2.01. The topological polar surface area (TPSA) is 44.0 Å². The van der Waals surface area contributed by atoms with Gasteiger partial charge in [-0.25, -0.2) is 0 Å². The zero-order chi connectivity index (χ0) is 11.5. The molecule has 0 saturated heterocycles. The molecule has 0 fully saturated rings. The molecule has 3 heteroatoms. The van der Waals surface area contributed by atoms with Crippen LogP contribution in [-0.4, -0.2) is 5.11 Å². The smallest absolute Gasteiger partial charge is 0.138 e. The standard InChI is InChI=1S/C13H14ClNO/c14-12-11-5-3-1-2-4-9(11)8-10(6-7-15)13(12)16/h8,16H,1-6H2. The molecule has 16 heavy (non-hydrogen) atoms. The SMILES string of the molecule is N#CCc1cc2c(c(Cl)c1O)CCCCC2. The monoisotopic (exact) mass is 235 g/mol. The van der Waals surface area contributed by atoms with Gasteiger partial charge in [-0.05, 0) is 36.8 Å². The summed E-state index contributed by atoms with van der Waals surface area (Å²) in [5.41, 5.74) is 2.96. The summed E-state index contributed by atoms with van der Waals surface area (Å²) in [5.74, 6) is 0.101. The van der Waals surface area contributed by atoms with Gasteiger partial charge >= 0.3 is 0 Å². The summed E-state index contributed by atoms with van der Waals surface area (Å²) in [5, 5.41) is 19.0. The van der Waals surface area contributed by atoms with Gasteiger partial charge in [0.05, 0.1) is 17.5 Å². The van der Waals surface area contributed by atoms with Crippen LogP contribution in [0.4, 0.5) is 0 Å². The number of aryl methyl sites for hydroxylation is 1. The first-order valence-electron chi connectivity index (χ1n) is 5.63. The molecule has 1 aromatic rings. The largest absolute Gasteiger partial charge is 0.506 e. The Balaban J connectivity index is 2.51. The summed E-state index contributed by atoms with van der Waals surface area (Å²) in [6.45, 7) is 0. The normalized spacial score (nSPS) is 15.0.